The maximum atomic E-state index is 9.64. The van der Waals surface area contributed by atoms with E-state index in [9.17, 15) is 5.11 Å². The largest absolute Gasteiger partial charge is 0.393 e. The molecule has 0 radical (unpaired) electrons. The van der Waals surface area contributed by atoms with Crippen LogP contribution in [0.25, 0.3) is 0 Å². The predicted molar refractivity (Wildman–Crippen MR) is 93.8 cm³/mol. The smallest absolute Gasteiger partial charge is 0.0540 e. The van der Waals surface area contributed by atoms with Gasteiger partial charge in [0, 0.05) is 0 Å². The van der Waals surface area contributed by atoms with Crippen LogP contribution in [0.4, 0.5) is 0 Å². The summed E-state index contributed by atoms with van der Waals surface area (Å²) in [6, 6.07) is 0. The summed E-state index contributed by atoms with van der Waals surface area (Å²) in [4.78, 5) is 0. The summed E-state index contributed by atoms with van der Waals surface area (Å²) in [6.07, 6.45) is 19.8. The molecule has 1 nitrogen and oxygen atoms in total. The zero-order chi connectivity index (χ0) is 15.4. The van der Waals surface area contributed by atoms with Crippen LogP contribution in [0.2, 0.25) is 0 Å². The van der Waals surface area contributed by atoms with Crippen molar-refractivity contribution in [3.05, 3.63) is 0 Å². The Hall–Kier alpha value is -0.0400. The van der Waals surface area contributed by atoms with Gasteiger partial charge in [-0.25, -0.2) is 0 Å². The van der Waals surface area contributed by atoms with Crippen LogP contribution in [0.15, 0.2) is 0 Å². The van der Waals surface area contributed by atoms with Gasteiger partial charge in [0.2, 0.25) is 0 Å². The van der Waals surface area contributed by atoms with E-state index in [0.29, 0.717) is 0 Å². The molecule has 0 spiro atoms. The highest BCUT2D eigenvalue weighted by atomic mass is 16.3. The SMILES string of the molecule is CC1CCC(CC2CCC(CC3CCC(O)CC3)CC2)CC1. The van der Waals surface area contributed by atoms with E-state index < -0.39 is 0 Å². The van der Waals surface area contributed by atoms with Gasteiger partial charge in [0.15, 0.2) is 0 Å². The molecule has 3 rings (SSSR count). The zero-order valence-corrected chi connectivity index (χ0v) is 14.8. The maximum Gasteiger partial charge on any atom is 0.0540 e. The van der Waals surface area contributed by atoms with Gasteiger partial charge in [0.05, 0.1) is 6.10 Å². The van der Waals surface area contributed by atoms with E-state index in [1.54, 1.807) is 6.42 Å². The highest BCUT2D eigenvalue weighted by Crippen LogP contribution is 2.41. The second kappa shape index (κ2) is 8.18. The van der Waals surface area contributed by atoms with Gasteiger partial charge in [0.25, 0.3) is 0 Å². The van der Waals surface area contributed by atoms with E-state index in [1.165, 1.54) is 70.6 Å². The van der Waals surface area contributed by atoms with Crippen molar-refractivity contribution < 1.29 is 5.11 Å². The molecule has 0 aromatic heterocycles. The van der Waals surface area contributed by atoms with Crippen LogP contribution in [0, 0.1) is 29.6 Å². The maximum absolute atomic E-state index is 9.64. The van der Waals surface area contributed by atoms with E-state index in [2.05, 4.69) is 6.92 Å². The van der Waals surface area contributed by atoms with Gasteiger partial charge in [-0.15, -0.1) is 0 Å². The van der Waals surface area contributed by atoms with Crippen LogP contribution >= 0.6 is 0 Å². The molecule has 0 bridgehead atoms. The van der Waals surface area contributed by atoms with E-state index in [4.69, 9.17) is 0 Å². The molecule has 0 aromatic carbocycles. The average molecular weight is 307 g/mol. The van der Waals surface area contributed by atoms with Gasteiger partial charge in [-0.2, -0.15) is 0 Å². The predicted octanol–water partition coefficient (Wildman–Crippen LogP) is 5.95. The highest BCUT2D eigenvalue weighted by molar-refractivity contribution is 4.80. The minimum atomic E-state index is 0.0187. The standard InChI is InChI=1S/C21H38O/c1-16-2-4-17(5-3-16)14-18-6-8-19(9-7-18)15-20-10-12-21(22)13-11-20/h16-22H,2-15H2,1H3. The van der Waals surface area contributed by atoms with E-state index in [0.717, 1.165) is 42.4 Å². The molecule has 0 heterocycles. The highest BCUT2D eigenvalue weighted by Gasteiger charge is 2.28. The molecule has 3 aliphatic carbocycles. The summed E-state index contributed by atoms with van der Waals surface area (Å²) < 4.78 is 0. The fraction of sp³-hybridized carbons (Fsp3) is 1.00. The molecule has 0 saturated heterocycles. The molecule has 0 aliphatic heterocycles. The molecule has 3 saturated carbocycles. The molecular formula is C21H38O. The Morgan fingerprint density at radius 3 is 1.27 bits per heavy atom. The number of hydrogen-bond donors (Lipinski definition) is 1. The summed E-state index contributed by atoms with van der Waals surface area (Å²) in [5, 5.41) is 9.64. The first kappa shape index (κ1) is 16.8. The summed E-state index contributed by atoms with van der Waals surface area (Å²) in [5.74, 6) is 5.08. The lowest BCUT2D eigenvalue weighted by atomic mass is 9.71. The van der Waals surface area contributed by atoms with Crippen molar-refractivity contribution in [3.63, 3.8) is 0 Å². The monoisotopic (exact) mass is 306 g/mol. The molecule has 3 fully saturated rings. The van der Waals surface area contributed by atoms with Gasteiger partial charge < -0.3 is 5.11 Å². The molecule has 1 heteroatoms. The zero-order valence-electron chi connectivity index (χ0n) is 14.8. The molecule has 0 unspecified atom stereocenters. The van der Waals surface area contributed by atoms with Crippen LogP contribution in [0.5, 0.6) is 0 Å². The van der Waals surface area contributed by atoms with Gasteiger partial charge in [-0.3, -0.25) is 0 Å². The van der Waals surface area contributed by atoms with Gasteiger partial charge >= 0.3 is 0 Å². The lowest BCUT2D eigenvalue weighted by Gasteiger charge is -2.35. The summed E-state index contributed by atoms with van der Waals surface area (Å²) >= 11 is 0. The fourth-order valence-electron chi connectivity index (χ4n) is 5.59. The first-order valence-electron chi connectivity index (χ1n) is 10.4. The van der Waals surface area contributed by atoms with Gasteiger partial charge in [0.1, 0.15) is 0 Å². The second-order valence-corrected chi connectivity index (χ2v) is 9.16. The van der Waals surface area contributed by atoms with E-state index >= 15 is 0 Å². The Balaban J connectivity index is 1.32. The Labute approximate surface area is 138 Å². The number of hydrogen-bond acceptors (Lipinski definition) is 1. The first-order valence-corrected chi connectivity index (χ1v) is 10.4. The topological polar surface area (TPSA) is 20.2 Å². The lowest BCUT2D eigenvalue weighted by molar-refractivity contribution is 0.0954. The van der Waals surface area contributed by atoms with Crippen LogP contribution in [-0.2, 0) is 0 Å². The van der Waals surface area contributed by atoms with Crippen molar-refractivity contribution in [1.29, 1.82) is 0 Å². The summed E-state index contributed by atoms with van der Waals surface area (Å²) in [7, 11) is 0. The number of rotatable bonds is 4. The first-order chi connectivity index (χ1) is 10.7. The Morgan fingerprint density at radius 2 is 0.864 bits per heavy atom. The molecule has 3 aliphatic rings. The van der Waals surface area contributed by atoms with Crippen molar-refractivity contribution >= 4 is 0 Å². The van der Waals surface area contributed by atoms with Crippen LogP contribution < -0.4 is 0 Å². The molecule has 22 heavy (non-hydrogen) atoms. The fourth-order valence-corrected chi connectivity index (χ4v) is 5.59. The van der Waals surface area contributed by atoms with E-state index in [1.807, 2.05) is 0 Å². The van der Waals surface area contributed by atoms with Crippen molar-refractivity contribution in [3.8, 4) is 0 Å². The third kappa shape index (κ3) is 4.98. The Morgan fingerprint density at radius 1 is 0.545 bits per heavy atom. The Bertz CT molecular complexity index is 270. The van der Waals surface area contributed by atoms with Crippen molar-refractivity contribution in [2.75, 3.05) is 0 Å². The number of aliphatic hydroxyl groups excluding tert-OH is 1. The molecular weight excluding hydrogens is 268 g/mol. The summed E-state index contributed by atoms with van der Waals surface area (Å²) in [5.41, 5.74) is 0. The lowest BCUT2D eigenvalue weighted by Crippen LogP contribution is -2.23. The van der Waals surface area contributed by atoms with Crippen LogP contribution in [0.1, 0.15) is 96.8 Å². The van der Waals surface area contributed by atoms with Crippen molar-refractivity contribution in [2.24, 2.45) is 29.6 Å². The normalized spacial score (nSPS) is 43.9. The minimum absolute atomic E-state index is 0.0187. The molecule has 128 valence electrons. The van der Waals surface area contributed by atoms with Crippen molar-refractivity contribution in [1.82, 2.24) is 0 Å². The summed E-state index contributed by atoms with van der Waals surface area (Å²) in [6.45, 7) is 2.44. The molecule has 1 N–H and O–H groups in total. The van der Waals surface area contributed by atoms with E-state index in [-0.39, 0.29) is 6.10 Å². The van der Waals surface area contributed by atoms with Crippen molar-refractivity contribution in [2.45, 2.75) is 103 Å². The Kier molecular flexibility index (Phi) is 6.24. The minimum Gasteiger partial charge on any atom is -0.393 e. The quantitative estimate of drug-likeness (QED) is 0.680. The molecule has 0 atom stereocenters. The number of aliphatic hydroxyl groups is 1. The van der Waals surface area contributed by atoms with Gasteiger partial charge in [-0.1, -0.05) is 58.3 Å². The van der Waals surface area contributed by atoms with Gasteiger partial charge in [-0.05, 0) is 68.1 Å². The average Bonchev–Trinajstić information content (AvgIpc) is 2.54. The molecule has 0 aromatic rings. The van der Waals surface area contributed by atoms with Crippen LogP contribution in [0.3, 0.4) is 0 Å². The molecule has 0 amide bonds. The third-order valence-electron chi connectivity index (χ3n) is 7.25. The second-order valence-electron chi connectivity index (χ2n) is 9.16. The third-order valence-corrected chi connectivity index (χ3v) is 7.25. The van der Waals surface area contributed by atoms with Crippen LogP contribution in [-0.4, -0.2) is 11.2 Å².